The molecule has 0 aliphatic carbocycles. The molecule has 5 nitrogen and oxygen atoms in total. The van der Waals surface area contributed by atoms with E-state index in [1.165, 1.54) is 19.4 Å². The van der Waals surface area contributed by atoms with E-state index < -0.39 is 5.97 Å². The Morgan fingerprint density at radius 1 is 1.67 bits per heavy atom. The van der Waals surface area contributed by atoms with Crippen molar-refractivity contribution in [2.24, 2.45) is 0 Å². The van der Waals surface area contributed by atoms with Crippen molar-refractivity contribution in [1.82, 2.24) is 4.98 Å². The van der Waals surface area contributed by atoms with Gasteiger partial charge < -0.3 is 9.47 Å². The summed E-state index contributed by atoms with van der Waals surface area (Å²) in [6, 6.07) is 3.38. The smallest absolute Gasteiger partial charge is 0.360 e. The first kappa shape index (κ1) is 11.0. The molecule has 0 saturated heterocycles. The third-order valence-electron chi connectivity index (χ3n) is 1.70. The van der Waals surface area contributed by atoms with Crippen LogP contribution in [0.3, 0.4) is 0 Å². The van der Waals surface area contributed by atoms with Crippen LogP contribution in [-0.4, -0.2) is 24.7 Å². The lowest BCUT2D eigenvalue weighted by atomic mass is 10.2. The molecule has 0 atom stereocenters. The van der Waals surface area contributed by atoms with Crippen molar-refractivity contribution < 1.29 is 14.3 Å². The lowest BCUT2D eigenvalue weighted by molar-refractivity contribution is 0.0515. The summed E-state index contributed by atoms with van der Waals surface area (Å²) in [5.74, 6) is -0.440. The maximum absolute atomic E-state index is 11.4. The van der Waals surface area contributed by atoms with Crippen molar-refractivity contribution in [3.63, 3.8) is 0 Å². The Kier molecular flexibility index (Phi) is 3.63. The topological polar surface area (TPSA) is 72.2 Å². The molecule has 1 aromatic rings. The summed E-state index contributed by atoms with van der Waals surface area (Å²) < 4.78 is 9.73. The van der Waals surface area contributed by atoms with E-state index in [1.807, 2.05) is 6.07 Å². The number of nitriles is 1. The number of pyridine rings is 1. The Hall–Kier alpha value is -2.09. The zero-order chi connectivity index (χ0) is 11.3. The number of nitrogens with zero attached hydrogens (tertiary/aromatic N) is 2. The Bertz CT molecular complexity index is 410. The first-order valence-electron chi connectivity index (χ1n) is 4.34. The Morgan fingerprint density at radius 2 is 2.40 bits per heavy atom. The van der Waals surface area contributed by atoms with Crippen molar-refractivity contribution in [1.29, 1.82) is 5.26 Å². The molecular formula is C10H10N2O3. The highest BCUT2D eigenvalue weighted by molar-refractivity contribution is 5.91. The normalized spacial score (nSPS) is 9.13. The van der Waals surface area contributed by atoms with Crippen LogP contribution < -0.4 is 4.74 Å². The van der Waals surface area contributed by atoms with Crippen molar-refractivity contribution in [3.05, 3.63) is 23.5 Å². The van der Waals surface area contributed by atoms with Gasteiger partial charge in [-0.05, 0) is 13.0 Å². The maximum Gasteiger partial charge on any atom is 0.360 e. The molecule has 78 valence electrons. The van der Waals surface area contributed by atoms with Crippen LogP contribution in [0.5, 0.6) is 5.75 Å². The largest absolute Gasteiger partial charge is 0.493 e. The average Bonchev–Trinajstić information content (AvgIpc) is 2.28. The zero-order valence-electron chi connectivity index (χ0n) is 8.48. The number of esters is 1. The summed E-state index contributed by atoms with van der Waals surface area (Å²) in [6.07, 6.45) is 1.37. The Morgan fingerprint density at radius 3 is 2.93 bits per heavy atom. The molecule has 0 spiro atoms. The molecule has 0 aromatic carbocycles. The zero-order valence-corrected chi connectivity index (χ0v) is 8.48. The molecule has 1 heterocycles. The van der Waals surface area contributed by atoms with Crippen molar-refractivity contribution in [3.8, 4) is 11.8 Å². The van der Waals surface area contributed by atoms with E-state index in [0.717, 1.165) is 0 Å². The van der Waals surface area contributed by atoms with Gasteiger partial charge in [0.2, 0.25) is 0 Å². The molecule has 1 rings (SSSR count). The maximum atomic E-state index is 11.4. The first-order valence-corrected chi connectivity index (χ1v) is 4.34. The van der Waals surface area contributed by atoms with Crippen LogP contribution in [-0.2, 0) is 4.74 Å². The molecule has 0 amide bonds. The number of carbonyl (C=O) groups is 1. The number of aromatic nitrogens is 1. The first-order chi connectivity index (χ1) is 7.24. The molecule has 0 saturated carbocycles. The summed E-state index contributed by atoms with van der Waals surface area (Å²) in [7, 11) is 1.38. The molecule has 5 heteroatoms. The number of hydrogen-bond donors (Lipinski definition) is 0. The van der Waals surface area contributed by atoms with Gasteiger partial charge in [-0.25, -0.2) is 9.78 Å². The van der Waals surface area contributed by atoms with Crippen molar-refractivity contribution in [2.45, 2.75) is 6.92 Å². The molecule has 0 radical (unpaired) electrons. The van der Waals surface area contributed by atoms with E-state index in [1.54, 1.807) is 6.92 Å². The Balaban J connectivity index is 3.18. The fraction of sp³-hybridized carbons (Fsp3) is 0.300. The molecule has 0 aliphatic rings. The van der Waals surface area contributed by atoms with Crippen LogP contribution in [0.4, 0.5) is 0 Å². The van der Waals surface area contributed by atoms with Gasteiger partial charge in [-0.2, -0.15) is 5.26 Å². The second-order valence-electron chi connectivity index (χ2n) is 2.57. The number of carbonyl (C=O) groups excluding carboxylic acids is 1. The van der Waals surface area contributed by atoms with Crippen LogP contribution in [0.1, 0.15) is 23.0 Å². The van der Waals surface area contributed by atoms with Gasteiger partial charge in [-0.15, -0.1) is 0 Å². The molecule has 0 unspecified atom stereocenters. The standard InChI is InChI=1S/C10H10N2O3/c1-3-15-10(13)8-9(14-2)7(6-11)4-5-12-8/h4-5H,3H2,1-2H3. The van der Waals surface area contributed by atoms with E-state index in [4.69, 9.17) is 14.7 Å². The van der Waals surface area contributed by atoms with E-state index in [0.29, 0.717) is 0 Å². The van der Waals surface area contributed by atoms with Crippen LogP contribution in [0.15, 0.2) is 12.3 Å². The minimum atomic E-state index is -0.591. The van der Waals surface area contributed by atoms with E-state index in [9.17, 15) is 4.79 Å². The third-order valence-corrected chi connectivity index (χ3v) is 1.70. The van der Waals surface area contributed by atoms with Crippen molar-refractivity contribution >= 4 is 5.97 Å². The van der Waals surface area contributed by atoms with Gasteiger partial charge >= 0.3 is 5.97 Å². The summed E-state index contributed by atoms with van der Waals surface area (Å²) in [5, 5.41) is 8.78. The SMILES string of the molecule is CCOC(=O)c1nccc(C#N)c1OC. The van der Waals surface area contributed by atoms with Gasteiger partial charge in [0.25, 0.3) is 0 Å². The van der Waals surface area contributed by atoms with Crippen molar-refractivity contribution in [2.75, 3.05) is 13.7 Å². The molecule has 0 fully saturated rings. The second-order valence-corrected chi connectivity index (χ2v) is 2.57. The van der Waals surface area contributed by atoms with Gasteiger partial charge in [0, 0.05) is 6.20 Å². The highest BCUT2D eigenvalue weighted by atomic mass is 16.5. The molecule has 1 aromatic heterocycles. The van der Waals surface area contributed by atoms with Gasteiger partial charge in [-0.3, -0.25) is 0 Å². The lowest BCUT2D eigenvalue weighted by Crippen LogP contribution is -2.09. The number of ether oxygens (including phenoxy) is 2. The quantitative estimate of drug-likeness (QED) is 0.693. The minimum Gasteiger partial charge on any atom is -0.493 e. The Labute approximate surface area is 87.3 Å². The summed E-state index contributed by atoms with van der Waals surface area (Å²) >= 11 is 0. The highest BCUT2D eigenvalue weighted by Gasteiger charge is 2.18. The van der Waals surface area contributed by atoms with Crippen LogP contribution in [0.2, 0.25) is 0 Å². The summed E-state index contributed by atoms with van der Waals surface area (Å²) in [5.41, 5.74) is 0.286. The van der Waals surface area contributed by atoms with E-state index in [2.05, 4.69) is 4.98 Å². The average molecular weight is 206 g/mol. The van der Waals surface area contributed by atoms with E-state index in [-0.39, 0.29) is 23.6 Å². The molecule has 0 aliphatic heterocycles. The van der Waals surface area contributed by atoms with Gasteiger partial charge in [0.15, 0.2) is 11.4 Å². The fourth-order valence-electron chi connectivity index (χ4n) is 1.09. The number of methoxy groups -OCH3 is 1. The molecular weight excluding hydrogens is 196 g/mol. The monoisotopic (exact) mass is 206 g/mol. The van der Waals surface area contributed by atoms with Gasteiger partial charge in [0.1, 0.15) is 6.07 Å². The number of hydrogen-bond acceptors (Lipinski definition) is 5. The predicted molar refractivity (Wildman–Crippen MR) is 51.5 cm³/mol. The lowest BCUT2D eigenvalue weighted by Gasteiger charge is -2.07. The molecule has 0 N–H and O–H groups in total. The van der Waals surface area contributed by atoms with Gasteiger partial charge in [0.05, 0.1) is 19.3 Å². The van der Waals surface area contributed by atoms with Gasteiger partial charge in [-0.1, -0.05) is 0 Å². The third kappa shape index (κ3) is 2.23. The van der Waals surface area contributed by atoms with Crippen LogP contribution >= 0.6 is 0 Å². The molecule has 15 heavy (non-hydrogen) atoms. The summed E-state index contributed by atoms with van der Waals surface area (Å²) in [6.45, 7) is 1.94. The van der Waals surface area contributed by atoms with Crippen LogP contribution in [0, 0.1) is 11.3 Å². The summed E-state index contributed by atoms with van der Waals surface area (Å²) in [4.78, 5) is 15.2. The fourth-order valence-corrected chi connectivity index (χ4v) is 1.09. The second kappa shape index (κ2) is 4.96. The number of rotatable bonds is 3. The van der Waals surface area contributed by atoms with E-state index >= 15 is 0 Å². The highest BCUT2D eigenvalue weighted by Crippen LogP contribution is 2.21. The predicted octanol–water partition coefficient (Wildman–Crippen LogP) is 1.14. The molecule has 0 bridgehead atoms. The minimum absolute atomic E-state index is 0.0263. The van der Waals surface area contributed by atoms with Crippen LogP contribution in [0.25, 0.3) is 0 Å².